The minimum atomic E-state index is -0.555. The van der Waals surface area contributed by atoms with E-state index in [2.05, 4.69) is 20.8 Å². The Morgan fingerprint density at radius 2 is 1.88 bits per heavy atom. The van der Waals surface area contributed by atoms with Crippen LogP contribution < -0.4 is 10.6 Å². The number of likely N-dealkylation sites (N-methyl/N-ethyl adjacent to an activating group) is 1. The maximum Gasteiger partial charge on any atom is 0.257 e. The van der Waals surface area contributed by atoms with Gasteiger partial charge in [-0.15, -0.1) is 0 Å². The van der Waals surface area contributed by atoms with E-state index in [4.69, 9.17) is 4.52 Å². The third-order valence-electron chi connectivity index (χ3n) is 3.50. The standard InChI is InChI=1S/C17H22N4O3/c1-10(2)9-14(16(23)18-4)20-15(22)12-5-7-13(8-6-12)17-19-11(3)21-24-17/h5-8,10,14H,9H2,1-4H3,(H,18,23)(H,20,22)/t14-/m1/s1. The SMILES string of the molecule is CNC(=O)[C@@H](CC(C)C)NC(=O)c1ccc(-c2nc(C)no2)cc1. The molecule has 128 valence electrons. The molecule has 0 spiro atoms. The predicted molar refractivity (Wildman–Crippen MR) is 89.2 cm³/mol. The zero-order chi connectivity index (χ0) is 17.7. The number of nitrogens with one attached hydrogen (secondary N) is 2. The van der Waals surface area contributed by atoms with Crippen LogP contribution in [0.15, 0.2) is 28.8 Å². The van der Waals surface area contributed by atoms with Crippen LogP contribution in [0.25, 0.3) is 11.5 Å². The van der Waals surface area contributed by atoms with E-state index in [1.807, 2.05) is 13.8 Å². The van der Waals surface area contributed by atoms with E-state index in [0.29, 0.717) is 23.7 Å². The van der Waals surface area contributed by atoms with Crippen molar-refractivity contribution in [1.82, 2.24) is 20.8 Å². The lowest BCUT2D eigenvalue weighted by molar-refractivity contribution is -0.122. The molecule has 0 unspecified atom stereocenters. The molecule has 2 amide bonds. The van der Waals surface area contributed by atoms with Gasteiger partial charge in [-0.25, -0.2) is 0 Å². The third-order valence-corrected chi connectivity index (χ3v) is 3.50. The van der Waals surface area contributed by atoms with Crippen LogP contribution in [0, 0.1) is 12.8 Å². The van der Waals surface area contributed by atoms with E-state index in [1.54, 1.807) is 38.2 Å². The topological polar surface area (TPSA) is 97.1 Å². The van der Waals surface area contributed by atoms with Crippen molar-refractivity contribution in [1.29, 1.82) is 0 Å². The number of hydrogen-bond acceptors (Lipinski definition) is 5. The van der Waals surface area contributed by atoms with Gasteiger partial charge in [0, 0.05) is 18.2 Å². The van der Waals surface area contributed by atoms with Gasteiger partial charge in [0.2, 0.25) is 5.91 Å². The first-order valence-corrected chi connectivity index (χ1v) is 7.84. The Labute approximate surface area is 140 Å². The Hall–Kier alpha value is -2.70. The number of carbonyl (C=O) groups is 2. The van der Waals surface area contributed by atoms with Crippen LogP contribution in [0.4, 0.5) is 0 Å². The third kappa shape index (κ3) is 4.41. The fourth-order valence-corrected chi connectivity index (χ4v) is 2.30. The fourth-order valence-electron chi connectivity index (χ4n) is 2.30. The summed E-state index contributed by atoms with van der Waals surface area (Å²) in [6.07, 6.45) is 0.574. The van der Waals surface area contributed by atoms with Gasteiger partial charge >= 0.3 is 0 Å². The summed E-state index contributed by atoms with van der Waals surface area (Å²) in [6, 6.07) is 6.25. The summed E-state index contributed by atoms with van der Waals surface area (Å²) in [5.41, 5.74) is 1.20. The van der Waals surface area contributed by atoms with E-state index in [1.165, 1.54) is 0 Å². The van der Waals surface area contributed by atoms with Gasteiger partial charge in [-0.3, -0.25) is 9.59 Å². The normalized spacial score (nSPS) is 12.0. The number of nitrogens with zero attached hydrogens (tertiary/aromatic N) is 2. The first kappa shape index (κ1) is 17.7. The lowest BCUT2D eigenvalue weighted by Gasteiger charge is -2.19. The monoisotopic (exact) mass is 330 g/mol. The summed E-state index contributed by atoms with van der Waals surface area (Å²) in [4.78, 5) is 28.4. The molecule has 0 saturated carbocycles. The Bertz CT molecular complexity index is 707. The molecular weight excluding hydrogens is 308 g/mol. The van der Waals surface area contributed by atoms with Gasteiger partial charge in [0.25, 0.3) is 11.8 Å². The highest BCUT2D eigenvalue weighted by molar-refractivity contribution is 5.97. The number of carbonyl (C=O) groups excluding carboxylic acids is 2. The largest absolute Gasteiger partial charge is 0.357 e. The molecule has 1 heterocycles. The van der Waals surface area contributed by atoms with E-state index >= 15 is 0 Å². The first-order valence-electron chi connectivity index (χ1n) is 7.84. The van der Waals surface area contributed by atoms with Gasteiger partial charge in [0.15, 0.2) is 5.82 Å². The molecular formula is C17H22N4O3. The second kappa shape index (κ2) is 7.72. The van der Waals surface area contributed by atoms with Gasteiger partial charge in [0.1, 0.15) is 6.04 Å². The number of aryl methyl sites for hydroxylation is 1. The maximum atomic E-state index is 12.4. The van der Waals surface area contributed by atoms with E-state index < -0.39 is 6.04 Å². The van der Waals surface area contributed by atoms with Gasteiger partial charge in [-0.1, -0.05) is 19.0 Å². The van der Waals surface area contributed by atoms with Crippen molar-refractivity contribution in [3.05, 3.63) is 35.7 Å². The molecule has 0 aliphatic rings. The molecule has 7 heteroatoms. The van der Waals surface area contributed by atoms with Crippen molar-refractivity contribution in [3.8, 4) is 11.5 Å². The lowest BCUT2D eigenvalue weighted by Crippen LogP contribution is -2.46. The number of benzene rings is 1. The second-order valence-electron chi connectivity index (χ2n) is 5.99. The summed E-state index contributed by atoms with van der Waals surface area (Å²) in [7, 11) is 1.56. The van der Waals surface area contributed by atoms with Gasteiger partial charge in [-0.05, 0) is 43.5 Å². The molecule has 0 fully saturated rings. The van der Waals surface area contributed by atoms with Crippen molar-refractivity contribution in [2.75, 3.05) is 7.05 Å². The average molecular weight is 330 g/mol. The highest BCUT2D eigenvalue weighted by atomic mass is 16.5. The molecule has 24 heavy (non-hydrogen) atoms. The fraction of sp³-hybridized carbons (Fsp3) is 0.412. The molecule has 0 bridgehead atoms. The highest BCUT2D eigenvalue weighted by Gasteiger charge is 2.21. The minimum absolute atomic E-state index is 0.199. The zero-order valence-corrected chi connectivity index (χ0v) is 14.3. The van der Waals surface area contributed by atoms with Gasteiger partial charge < -0.3 is 15.2 Å². The maximum absolute atomic E-state index is 12.4. The van der Waals surface area contributed by atoms with Gasteiger partial charge in [0.05, 0.1) is 0 Å². The Kier molecular flexibility index (Phi) is 5.68. The molecule has 0 aliphatic carbocycles. The smallest absolute Gasteiger partial charge is 0.257 e. The van der Waals surface area contributed by atoms with Crippen molar-refractivity contribution < 1.29 is 14.1 Å². The molecule has 2 N–H and O–H groups in total. The number of rotatable bonds is 6. The first-order chi connectivity index (χ1) is 11.4. The highest BCUT2D eigenvalue weighted by Crippen LogP contribution is 2.17. The van der Waals surface area contributed by atoms with Crippen LogP contribution in [0.5, 0.6) is 0 Å². The Morgan fingerprint density at radius 3 is 2.38 bits per heavy atom. The summed E-state index contributed by atoms with van der Waals surface area (Å²) >= 11 is 0. The molecule has 1 atom stereocenters. The van der Waals surface area contributed by atoms with E-state index in [-0.39, 0.29) is 17.7 Å². The van der Waals surface area contributed by atoms with Crippen LogP contribution in [-0.4, -0.2) is 35.0 Å². The second-order valence-corrected chi connectivity index (χ2v) is 5.99. The molecule has 7 nitrogen and oxygen atoms in total. The van der Waals surface area contributed by atoms with E-state index in [9.17, 15) is 9.59 Å². The number of hydrogen-bond donors (Lipinski definition) is 2. The number of amides is 2. The molecule has 0 saturated heterocycles. The van der Waals surface area contributed by atoms with Crippen LogP contribution in [-0.2, 0) is 4.79 Å². The molecule has 1 aromatic carbocycles. The van der Waals surface area contributed by atoms with Crippen molar-refractivity contribution in [3.63, 3.8) is 0 Å². The summed E-state index contributed by atoms with van der Waals surface area (Å²) in [5.74, 6) is 0.750. The quantitative estimate of drug-likeness (QED) is 0.843. The summed E-state index contributed by atoms with van der Waals surface area (Å²) in [6.45, 7) is 5.75. The van der Waals surface area contributed by atoms with E-state index in [0.717, 1.165) is 5.56 Å². The Morgan fingerprint density at radius 1 is 1.21 bits per heavy atom. The van der Waals surface area contributed by atoms with Gasteiger partial charge in [-0.2, -0.15) is 4.98 Å². The lowest BCUT2D eigenvalue weighted by atomic mass is 10.0. The number of aromatic nitrogens is 2. The molecule has 0 radical (unpaired) electrons. The van der Waals surface area contributed by atoms with Crippen LogP contribution in [0.2, 0.25) is 0 Å². The zero-order valence-electron chi connectivity index (χ0n) is 14.3. The summed E-state index contributed by atoms with van der Waals surface area (Å²) < 4.78 is 5.09. The molecule has 1 aromatic heterocycles. The Balaban J connectivity index is 2.09. The van der Waals surface area contributed by atoms with Crippen molar-refractivity contribution in [2.45, 2.75) is 33.2 Å². The predicted octanol–water partition coefficient (Wildman–Crippen LogP) is 1.94. The van der Waals surface area contributed by atoms with Crippen molar-refractivity contribution >= 4 is 11.8 Å². The van der Waals surface area contributed by atoms with Crippen LogP contribution in [0.1, 0.15) is 36.5 Å². The molecule has 2 rings (SSSR count). The summed E-state index contributed by atoms with van der Waals surface area (Å²) in [5, 5.41) is 9.09. The minimum Gasteiger partial charge on any atom is -0.357 e. The van der Waals surface area contributed by atoms with Crippen LogP contribution in [0.3, 0.4) is 0 Å². The average Bonchev–Trinajstić information content (AvgIpc) is 2.99. The van der Waals surface area contributed by atoms with Crippen LogP contribution >= 0.6 is 0 Å². The molecule has 0 aliphatic heterocycles. The molecule has 2 aromatic rings. The van der Waals surface area contributed by atoms with Crippen molar-refractivity contribution in [2.24, 2.45) is 5.92 Å².